The van der Waals surface area contributed by atoms with Crippen molar-refractivity contribution < 1.29 is 0 Å². The first-order valence-corrected chi connectivity index (χ1v) is 6.42. The molecule has 3 heteroatoms. The third-order valence-electron chi connectivity index (χ3n) is 2.55. The quantitative estimate of drug-likeness (QED) is 0.663. The van der Waals surface area contributed by atoms with Crippen LogP contribution in [0.15, 0.2) is 0 Å². The van der Waals surface area contributed by atoms with Gasteiger partial charge in [-0.05, 0) is 44.6 Å². The second-order valence-electron chi connectivity index (χ2n) is 3.82. The lowest BCUT2D eigenvalue weighted by Gasteiger charge is -2.14. The third-order valence-corrected chi connectivity index (χ3v) is 3.84. The number of likely N-dealkylation sites (tertiary alicyclic amines) is 1. The summed E-state index contributed by atoms with van der Waals surface area (Å²) in [5.74, 6) is 1.27. The van der Waals surface area contributed by atoms with Crippen LogP contribution in [0, 0.1) is 0 Å². The summed E-state index contributed by atoms with van der Waals surface area (Å²) in [4.78, 5) is 2.58. The van der Waals surface area contributed by atoms with Crippen molar-refractivity contribution in [2.75, 3.05) is 31.9 Å². The number of nitrogens with zero attached hydrogens (tertiary/aromatic N) is 1. The Morgan fingerprint density at radius 2 is 2.08 bits per heavy atom. The van der Waals surface area contributed by atoms with Gasteiger partial charge in [0.15, 0.2) is 0 Å². The molecule has 0 aliphatic carbocycles. The summed E-state index contributed by atoms with van der Waals surface area (Å²) >= 11 is 2.01. The van der Waals surface area contributed by atoms with Gasteiger partial charge in [0.05, 0.1) is 0 Å². The first-order valence-electron chi connectivity index (χ1n) is 5.37. The molecule has 0 saturated carbocycles. The summed E-state index contributed by atoms with van der Waals surface area (Å²) < 4.78 is 0. The minimum Gasteiger partial charge on any atom is -0.329 e. The molecule has 0 aromatic carbocycles. The van der Waals surface area contributed by atoms with Crippen molar-refractivity contribution in [2.24, 2.45) is 5.73 Å². The van der Waals surface area contributed by atoms with E-state index in [1.807, 2.05) is 11.8 Å². The summed E-state index contributed by atoms with van der Waals surface area (Å²) in [6.45, 7) is 6.98. The van der Waals surface area contributed by atoms with Gasteiger partial charge in [0, 0.05) is 11.8 Å². The third kappa shape index (κ3) is 4.89. The zero-order valence-corrected chi connectivity index (χ0v) is 9.48. The summed E-state index contributed by atoms with van der Waals surface area (Å²) in [5, 5.41) is 0.638. The Bertz CT molecular complexity index is 124. The van der Waals surface area contributed by atoms with Crippen molar-refractivity contribution in [1.29, 1.82) is 0 Å². The van der Waals surface area contributed by atoms with Crippen LogP contribution in [-0.2, 0) is 0 Å². The minimum absolute atomic E-state index is 0.638. The smallest absolute Gasteiger partial charge is 0.0141 e. The van der Waals surface area contributed by atoms with Crippen LogP contribution >= 0.6 is 11.8 Å². The maximum Gasteiger partial charge on any atom is 0.0141 e. The highest BCUT2D eigenvalue weighted by atomic mass is 32.2. The molecule has 0 aromatic heterocycles. The Kier molecular flexibility index (Phi) is 5.83. The van der Waals surface area contributed by atoms with E-state index < -0.39 is 0 Å². The van der Waals surface area contributed by atoms with Gasteiger partial charge in [-0.3, -0.25) is 0 Å². The molecule has 0 aromatic rings. The molecule has 1 unspecified atom stereocenters. The number of rotatable bonds is 6. The molecule has 1 atom stereocenters. The van der Waals surface area contributed by atoms with Gasteiger partial charge in [-0.25, -0.2) is 0 Å². The maximum absolute atomic E-state index is 5.55. The molecule has 1 rings (SSSR count). The van der Waals surface area contributed by atoms with Gasteiger partial charge in [-0.1, -0.05) is 6.92 Å². The van der Waals surface area contributed by atoms with E-state index in [0.29, 0.717) is 5.25 Å². The van der Waals surface area contributed by atoms with Crippen molar-refractivity contribution in [3.63, 3.8) is 0 Å². The van der Waals surface area contributed by atoms with E-state index in [-0.39, 0.29) is 0 Å². The Labute approximate surface area is 86.2 Å². The Morgan fingerprint density at radius 3 is 2.69 bits per heavy atom. The van der Waals surface area contributed by atoms with E-state index >= 15 is 0 Å². The van der Waals surface area contributed by atoms with Crippen LogP contribution in [0.2, 0.25) is 0 Å². The second kappa shape index (κ2) is 6.68. The molecular formula is C10H22N2S. The van der Waals surface area contributed by atoms with E-state index in [4.69, 9.17) is 5.73 Å². The van der Waals surface area contributed by atoms with Gasteiger partial charge in [-0.15, -0.1) is 0 Å². The summed E-state index contributed by atoms with van der Waals surface area (Å²) in [5.41, 5.74) is 5.55. The summed E-state index contributed by atoms with van der Waals surface area (Å²) in [6, 6.07) is 0. The van der Waals surface area contributed by atoms with Crippen LogP contribution in [0.1, 0.15) is 26.2 Å². The molecule has 13 heavy (non-hydrogen) atoms. The van der Waals surface area contributed by atoms with Crippen molar-refractivity contribution in [3.8, 4) is 0 Å². The first-order chi connectivity index (χ1) is 6.33. The van der Waals surface area contributed by atoms with Gasteiger partial charge >= 0.3 is 0 Å². The van der Waals surface area contributed by atoms with Crippen LogP contribution in [0.4, 0.5) is 0 Å². The highest BCUT2D eigenvalue weighted by Crippen LogP contribution is 2.12. The minimum atomic E-state index is 0.638. The molecule has 0 radical (unpaired) electrons. The molecular weight excluding hydrogens is 180 g/mol. The largest absolute Gasteiger partial charge is 0.329 e. The van der Waals surface area contributed by atoms with E-state index in [2.05, 4.69) is 11.8 Å². The first kappa shape index (κ1) is 11.3. The molecule has 2 N–H and O–H groups in total. The lowest BCUT2D eigenvalue weighted by molar-refractivity contribution is 0.341. The molecule has 1 saturated heterocycles. The Morgan fingerprint density at radius 1 is 1.38 bits per heavy atom. The average Bonchev–Trinajstić information content (AvgIpc) is 2.64. The second-order valence-corrected chi connectivity index (χ2v) is 5.37. The van der Waals surface area contributed by atoms with E-state index in [1.165, 1.54) is 44.6 Å². The molecule has 1 heterocycles. The van der Waals surface area contributed by atoms with E-state index in [9.17, 15) is 0 Å². The number of nitrogens with two attached hydrogens (primary N) is 1. The normalized spacial score (nSPS) is 20.8. The van der Waals surface area contributed by atoms with Crippen molar-refractivity contribution in [3.05, 3.63) is 0 Å². The fourth-order valence-corrected chi connectivity index (χ4v) is 2.48. The fourth-order valence-electron chi connectivity index (χ4n) is 1.65. The number of thioether (sulfide) groups is 1. The molecule has 1 fully saturated rings. The summed E-state index contributed by atoms with van der Waals surface area (Å²) in [7, 11) is 0. The van der Waals surface area contributed by atoms with Gasteiger partial charge in [-0.2, -0.15) is 11.8 Å². The van der Waals surface area contributed by atoms with Crippen LogP contribution < -0.4 is 5.73 Å². The summed E-state index contributed by atoms with van der Waals surface area (Å²) in [6.07, 6.45) is 4.15. The van der Waals surface area contributed by atoms with Gasteiger partial charge in [0.2, 0.25) is 0 Å². The predicted octanol–water partition coefficient (Wildman–Crippen LogP) is 1.55. The maximum atomic E-state index is 5.55. The number of hydrogen-bond donors (Lipinski definition) is 1. The number of hydrogen-bond acceptors (Lipinski definition) is 3. The van der Waals surface area contributed by atoms with Crippen molar-refractivity contribution in [1.82, 2.24) is 4.90 Å². The standard InChI is InChI=1S/C10H22N2S/c1-10(9-11)13-8-4-7-12-5-2-3-6-12/h10H,2-9,11H2,1H3. The zero-order chi connectivity index (χ0) is 9.52. The van der Waals surface area contributed by atoms with Gasteiger partial charge in [0.25, 0.3) is 0 Å². The fraction of sp³-hybridized carbons (Fsp3) is 1.00. The monoisotopic (exact) mass is 202 g/mol. The molecule has 0 bridgehead atoms. The van der Waals surface area contributed by atoms with Crippen LogP contribution in [0.25, 0.3) is 0 Å². The van der Waals surface area contributed by atoms with E-state index in [0.717, 1.165) is 6.54 Å². The molecule has 1 aliphatic rings. The molecule has 1 aliphatic heterocycles. The van der Waals surface area contributed by atoms with Crippen LogP contribution in [0.5, 0.6) is 0 Å². The lowest BCUT2D eigenvalue weighted by Crippen LogP contribution is -2.21. The van der Waals surface area contributed by atoms with E-state index in [1.54, 1.807) is 0 Å². The lowest BCUT2D eigenvalue weighted by atomic mass is 10.4. The highest BCUT2D eigenvalue weighted by Gasteiger charge is 2.10. The highest BCUT2D eigenvalue weighted by molar-refractivity contribution is 7.99. The average molecular weight is 202 g/mol. The predicted molar refractivity (Wildman–Crippen MR) is 61.3 cm³/mol. The molecule has 0 spiro atoms. The van der Waals surface area contributed by atoms with Gasteiger partial charge in [0.1, 0.15) is 0 Å². The Hall–Kier alpha value is 0.270. The van der Waals surface area contributed by atoms with Crippen molar-refractivity contribution >= 4 is 11.8 Å². The van der Waals surface area contributed by atoms with Crippen molar-refractivity contribution in [2.45, 2.75) is 31.4 Å². The molecule has 0 amide bonds. The molecule has 78 valence electrons. The zero-order valence-electron chi connectivity index (χ0n) is 8.67. The molecule has 2 nitrogen and oxygen atoms in total. The SMILES string of the molecule is CC(CN)SCCCN1CCCC1. The topological polar surface area (TPSA) is 29.3 Å². The van der Waals surface area contributed by atoms with Crippen LogP contribution in [-0.4, -0.2) is 42.1 Å². The van der Waals surface area contributed by atoms with Gasteiger partial charge < -0.3 is 10.6 Å². The Balaban J connectivity index is 1.88. The van der Waals surface area contributed by atoms with Crippen LogP contribution in [0.3, 0.4) is 0 Å².